The van der Waals surface area contributed by atoms with Gasteiger partial charge < -0.3 is 15.5 Å². The van der Waals surface area contributed by atoms with Crippen molar-refractivity contribution in [3.8, 4) is 0 Å². The molecule has 7 nitrogen and oxygen atoms in total. The molecular formula is C8H14N2O5. The normalized spacial score (nSPS) is 10.0. The average molecular weight is 218 g/mol. The number of hydrogen-bond donors (Lipinski definition) is 3. The Morgan fingerprint density at radius 2 is 1.73 bits per heavy atom. The van der Waals surface area contributed by atoms with Crippen LogP contribution in [0, 0.1) is 0 Å². The van der Waals surface area contributed by atoms with Crippen LogP contribution in [0.1, 0.15) is 6.42 Å². The quantitative estimate of drug-likeness (QED) is 0.485. The maximum atomic E-state index is 11.0. The van der Waals surface area contributed by atoms with E-state index < -0.39 is 11.9 Å². The van der Waals surface area contributed by atoms with Crippen LogP contribution in [-0.2, 0) is 14.4 Å². The Kier molecular flexibility index (Phi) is 6.03. The number of amides is 1. The maximum absolute atomic E-state index is 11.0. The van der Waals surface area contributed by atoms with E-state index in [1.807, 2.05) is 0 Å². The number of nitrogens with zero attached hydrogens (tertiary/aromatic N) is 1. The number of carbonyl (C=O) groups is 3. The molecule has 0 rings (SSSR count). The molecule has 0 aliphatic rings. The second-order valence-electron chi connectivity index (χ2n) is 2.92. The lowest BCUT2D eigenvalue weighted by molar-refractivity contribution is -0.141. The second kappa shape index (κ2) is 6.77. The summed E-state index contributed by atoms with van der Waals surface area (Å²) in [6, 6.07) is 0. The molecule has 0 aromatic heterocycles. The maximum Gasteiger partial charge on any atom is 0.317 e. The molecule has 0 spiro atoms. The molecule has 0 unspecified atom stereocenters. The number of nitrogens with one attached hydrogen (secondary N) is 1. The molecule has 0 heterocycles. The van der Waals surface area contributed by atoms with E-state index in [1.54, 1.807) is 0 Å². The van der Waals surface area contributed by atoms with Gasteiger partial charge in [-0.05, 0) is 0 Å². The van der Waals surface area contributed by atoms with Gasteiger partial charge in [0.15, 0.2) is 0 Å². The van der Waals surface area contributed by atoms with Crippen LogP contribution in [0.2, 0.25) is 0 Å². The Morgan fingerprint density at radius 1 is 1.13 bits per heavy atom. The monoisotopic (exact) mass is 218 g/mol. The number of carbonyl (C=O) groups excluding carboxylic acids is 1. The predicted octanol–water partition coefficient (Wildman–Crippen LogP) is -1.41. The van der Waals surface area contributed by atoms with Crippen molar-refractivity contribution in [1.82, 2.24) is 10.2 Å². The van der Waals surface area contributed by atoms with Crippen molar-refractivity contribution in [3.05, 3.63) is 0 Å². The van der Waals surface area contributed by atoms with E-state index in [0.29, 0.717) is 0 Å². The predicted molar refractivity (Wildman–Crippen MR) is 50.4 cm³/mol. The molecule has 0 radical (unpaired) electrons. The number of carboxylic acid groups (broad SMARTS) is 2. The number of aliphatic carboxylic acids is 2. The molecule has 7 heteroatoms. The first kappa shape index (κ1) is 13.4. The lowest BCUT2D eigenvalue weighted by atomic mass is 10.3. The molecule has 0 atom stereocenters. The minimum atomic E-state index is -1.09. The van der Waals surface area contributed by atoms with Crippen LogP contribution >= 0.6 is 0 Å². The fourth-order valence-corrected chi connectivity index (χ4v) is 0.941. The third kappa shape index (κ3) is 7.44. The fourth-order valence-electron chi connectivity index (χ4n) is 0.941. The smallest absolute Gasteiger partial charge is 0.317 e. The molecule has 0 aromatic rings. The van der Waals surface area contributed by atoms with E-state index in [4.69, 9.17) is 10.2 Å². The topological polar surface area (TPSA) is 107 Å². The van der Waals surface area contributed by atoms with Gasteiger partial charge >= 0.3 is 11.9 Å². The van der Waals surface area contributed by atoms with Gasteiger partial charge in [-0.1, -0.05) is 0 Å². The summed E-state index contributed by atoms with van der Waals surface area (Å²) in [6.45, 7) is -0.425. The van der Waals surface area contributed by atoms with E-state index in [9.17, 15) is 14.4 Å². The van der Waals surface area contributed by atoms with Crippen molar-refractivity contribution < 1.29 is 24.6 Å². The zero-order chi connectivity index (χ0) is 11.8. The molecule has 1 amide bonds. The molecule has 15 heavy (non-hydrogen) atoms. The lowest BCUT2D eigenvalue weighted by Gasteiger charge is -2.17. The van der Waals surface area contributed by atoms with Crippen molar-refractivity contribution >= 4 is 17.8 Å². The molecule has 0 aliphatic heterocycles. The summed E-state index contributed by atoms with van der Waals surface area (Å²) in [5, 5.41) is 19.3. The average Bonchev–Trinajstić information content (AvgIpc) is 2.13. The minimum Gasteiger partial charge on any atom is -0.481 e. The van der Waals surface area contributed by atoms with Crippen LogP contribution in [0.25, 0.3) is 0 Å². The molecule has 3 N–H and O–H groups in total. The molecule has 86 valence electrons. The zero-order valence-electron chi connectivity index (χ0n) is 8.39. The van der Waals surface area contributed by atoms with Gasteiger partial charge in [0.2, 0.25) is 5.91 Å². The van der Waals surface area contributed by atoms with Gasteiger partial charge in [0, 0.05) is 13.6 Å². The van der Waals surface area contributed by atoms with Gasteiger partial charge in [0.05, 0.1) is 19.5 Å². The fraction of sp³-hybridized carbons (Fsp3) is 0.625. The first-order valence-electron chi connectivity index (χ1n) is 4.32. The van der Waals surface area contributed by atoms with Crippen molar-refractivity contribution in [2.75, 3.05) is 26.7 Å². The molecule has 0 fully saturated rings. The summed E-state index contributed by atoms with van der Waals surface area (Å²) < 4.78 is 0. The van der Waals surface area contributed by atoms with Gasteiger partial charge in [0.25, 0.3) is 0 Å². The summed E-state index contributed by atoms with van der Waals surface area (Å²) in [7, 11) is 1.43. The Hall–Kier alpha value is -1.63. The Labute approximate surface area is 86.7 Å². The first-order valence-corrected chi connectivity index (χ1v) is 4.32. The number of likely N-dealkylation sites (N-methyl/N-ethyl adjacent to an activating group) is 1. The highest BCUT2D eigenvalue weighted by atomic mass is 16.4. The number of carboxylic acids is 2. The van der Waals surface area contributed by atoms with E-state index in [2.05, 4.69) is 5.32 Å². The lowest BCUT2D eigenvalue weighted by Crippen LogP contribution is -2.39. The van der Waals surface area contributed by atoms with E-state index in [1.165, 1.54) is 11.9 Å². The SMILES string of the molecule is CNC(=O)CN(CCC(=O)O)CC(=O)O. The third-order valence-electron chi connectivity index (χ3n) is 1.65. The van der Waals surface area contributed by atoms with Crippen molar-refractivity contribution in [3.63, 3.8) is 0 Å². The zero-order valence-corrected chi connectivity index (χ0v) is 8.39. The highest BCUT2D eigenvalue weighted by Gasteiger charge is 2.14. The van der Waals surface area contributed by atoms with E-state index in [-0.39, 0.29) is 32.0 Å². The Balaban J connectivity index is 4.11. The molecule has 0 saturated heterocycles. The summed E-state index contributed by atoms with van der Waals surface area (Å²) in [5.41, 5.74) is 0. The highest BCUT2D eigenvalue weighted by molar-refractivity contribution is 5.78. The van der Waals surface area contributed by atoms with Gasteiger partial charge in [-0.3, -0.25) is 19.3 Å². The minimum absolute atomic E-state index is 0.0368. The summed E-state index contributed by atoms with van der Waals surface area (Å²) in [5.74, 6) is -2.46. The Bertz CT molecular complexity index is 253. The van der Waals surface area contributed by atoms with Crippen LogP contribution in [0.3, 0.4) is 0 Å². The van der Waals surface area contributed by atoms with Gasteiger partial charge in [-0.15, -0.1) is 0 Å². The first-order chi connectivity index (χ1) is 6.95. The van der Waals surface area contributed by atoms with E-state index in [0.717, 1.165) is 0 Å². The van der Waals surface area contributed by atoms with Crippen molar-refractivity contribution in [2.24, 2.45) is 0 Å². The van der Waals surface area contributed by atoms with Gasteiger partial charge in [-0.2, -0.15) is 0 Å². The molecule has 0 bridgehead atoms. The largest absolute Gasteiger partial charge is 0.481 e. The molecule has 0 saturated carbocycles. The van der Waals surface area contributed by atoms with Crippen molar-refractivity contribution in [2.45, 2.75) is 6.42 Å². The third-order valence-corrected chi connectivity index (χ3v) is 1.65. The van der Waals surface area contributed by atoms with E-state index >= 15 is 0 Å². The molecular weight excluding hydrogens is 204 g/mol. The van der Waals surface area contributed by atoms with Crippen LogP contribution < -0.4 is 5.32 Å². The van der Waals surface area contributed by atoms with Crippen LogP contribution in [0.5, 0.6) is 0 Å². The second-order valence-corrected chi connectivity index (χ2v) is 2.92. The number of rotatable bonds is 7. The van der Waals surface area contributed by atoms with Crippen LogP contribution in [0.4, 0.5) is 0 Å². The van der Waals surface area contributed by atoms with Gasteiger partial charge in [-0.25, -0.2) is 0 Å². The molecule has 0 aromatic carbocycles. The highest BCUT2D eigenvalue weighted by Crippen LogP contribution is 1.92. The van der Waals surface area contributed by atoms with Crippen LogP contribution in [0.15, 0.2) is 0 Å². The summed E-state index contributed by atoms with van der Waals surface area (Å²) in [4.78, 5) is 32.9. The van der Waals surface area contributed by atoms with Crippen LogP contribution in [-0.4, -0.2) is 59.6 Å². The Morgan fingerprint density at radius 3 is 2.13 bits per heavy atom. The summed E-state index contributed by atoms with van der Waals surface area (Å²) >= 11 is 0. The standard InChI is InChI=1S/C8H14N2O5/c1-9-6(11)4-10(5-8(14)15)3-2-7(12)13/h2-5H2,1H3,(H,9,11)(H,12,13)(H,14,15). The number of hydrogen-bond acceptors (Lipinski definition) is 4. The van der Waals surface area contributed by atoms with Gasteiger partial charge in [0.1, 0.15) is 0 Å². The van der Waals surface area contributed by atoms with Crippen molar-refractivity contribution in [1.29, 1.82) is 0 Å². The molecule has 0 aliphatic carbocycles. The summed E-state index contributed by atoms with van der Waals surface area (Å²) in [6.07, 6.45) is -0.190.